The van der Waals surface area contributed by atoms with Crippen LogP contribution < -0.4 is 4.90 Å². The van der Waals surface area contributed by atoms with Crippen LogP contribution in [0.5, 0.6) is 0 Å². The van der Waals surface area contributed by atoms with Gasteiger partial charge < -0.3 is 4.90 Å². The first-order valence-electron chi connectivity index (χ1n) is 20.8. The monoisotopic (exact) mass is 781 g/mol. The standard InChI is InChI=1S/C58H39NS/c1-5-20-40(21-6-1)57(41-22-7-2-8-23-41)49-32-15-13-28-44(49)46-30-17-35-52(55(46)57)59(51-34-19-37-54-48(51)38-39-60-54)53-36-18-31-47-45-29-14-16-33-50(45)58(56(47)53,42-24-9-3-10-25-42)43-26-11-4-12-27-43/h1-39H. The third-order valence-electron chi connectivity index (χ3n) is 13.1. The number of anilines is 3. The first-order chi connectivity index (χ1) is 29.8. The smallest absolute Gasteiger partial charge is 0.0734 e. The van der Waals surface area contributed by atoms with E-state index in [1.165, 1.54) is 76.8 Å². The van der Waals surface area contributed by atoms with E-state index in [0.717, 1.165) is 17.1 Å². The molecule has 2 aliphatic rings. The van der Waals surface area contributed by atoms with Gasteiger partial charge in [-0.1, -0.05) is 200 Å². The van der Waals surface area contributed by atoms with E-state index in [9.17, 15) is 0 Å². The fraction of sp³-hybridized carbons (Fsp3) is 0.0345. The van der Waals surface area contributed by atoms with Gasteiger partial charge in [0, 0.05) is 21.2 Å². The van der Waals surface area contributed by atoms with Gasteiger partial charge in [-0.3, -0.25) is 0 Å². The number of hydrogen-bond acceptors (Lipinski definition) is 2. The summed E-state index contributed by atoms with van der Waals surface area (Å²) in [5, 5.41) is 3.47. The molecule has 12 rings (SSSR count). The highest BCUT2D eigenvalue weighted by Gasteiger charge is 2.51. The Morgan fingerprint density at radius 3 is 1.12 bits per heavy atom. The van der Waals surface area contributed by atoms with Gasteiger partial charge in [-0.2, -0.15) is 0 Å². The minimum absolute atomic E-state index is 0.608. The van der Waals surface area contributed by atoms with E-state index >= 15 is 0 Å². The lowest BCUT2D eigenvalue weighted by Gasteiger charge is -2.40. The maximum Gasteiger partial charge on any atom is 0.0734 e. The SMILES string of the molecule is c1ccc(C2(c3ccccc3)c3ccccc3-c3cccc(N(c4cccc5c4C(c4ccccc4)(c4ccccc4)c4ccccc4-5)c4cccc5sccc45)c32)cc1. The van der Waals surface area contributed by atoms with Crippen molar-refractivity contribution in [3.8, 4) is 22.3 Å². The zero-order chi connectivity index (χ0) is 39.7. The second kappa shape index (κ2) is 13.7. The van der Waals surface area contributed by atoms with Crippen molar-refractivity contribution in [1.29, 1.82) is 0 Å². The van der Waals surface area contributed by atoms with Gasteiger partial charge in [-0.25, -0.2) is 0 Å². The summed E-state index contributed by atoms with van der Waals surface area (Å²) in [6.45, 7) is 0. The van der Waals surface area contributed by atoms with Gasteiger partial charge in [0.1, 0.15) is 0 Å². The number of fused-ring (bicyclic) bond motifs is 7. The van der Waals surface area contributed by atoms with Crippen LogP contribution in [0.4, 0.5) is 17.1 Å². The Bertz CT molecular complexity index is 2940. The average Bonchev–Trinajstić information content (AvgIpc) is 4.02. The molecule has 2 heteroatoms. The molecule has 0 atom stereocenters. The number of rotatable bonds is 7. The lowest BCUT2D eigenvalue weighted by molar-refractivity contribution is 0.761. The van der Waals surface area contributed by atoms with Crippen molar-refractivity contribution >= 4 is 38.5 Å². The van der Waals surface area contributed by atoms with Crippen LogP contribution in [-0.4, -0.2) is 0 Å². The lowest BCUT2D eigenvalue weighted by atomic mass is 9.66. The Kier molecular flexibility index (Phi) is 7.91. The fourth-order valence-electron chi connectivity index (χ4n) is 10.9. The van der Waals surface area contributed by atoms with Crippen molar-refractivity contribution in [2.75, 3.05) is 4.90 Å². The molecule has 60 heavy (non-hydrogen) atoms. The van der Waals surface area contributed by atoms with Crippen LogP contribution in [0.15, 0.2) is 236 Å². The molecule has 282 valence electrons. The molecule has 1 aromatic heterocycles. The molecule has 1 heterocycles. The van der Waals surface area contributed by atoms with Gasteiger partial charge in [0.05, 0.1) is 27.9 Å². The molecule has 0 unspecified atom stereocenters. The molecule has 10 aromatic rings. The van der Waals surface area contributed by atoms with E-state index in [0.29, 0.717) is 0 Å². The largest absolute Gasteiger partial charge is 0.309 e. The van der Waals surface area contributed by atoms with Gasteiger partial charge >= 0.3 is 0 Å². The first-order valence-corrected chi connectivity index (χ1v) is 21.6. The maximum atomic E-state index is 2.63. The molecule has 0 aliphatic heterocycles. The van der Waals surface area contributed by atoms with Gasteiger partial charge in [0.2, 0.25) is 0 Å². The van der Waals surface area contributed by atoms with Crippen molar-refractivity contribution in [3.05, 3.63) is 280 Å². The van der Waals surface area contributed by atoms with Gasteiger partial charge in [-0.05, 0) is 91.3 Å². The van der Waals surface area contributed by atoms with Crippen molar-refractivity contribution in [1.82, 2.24) is 0 Å². The van der Waals surface area contributed by atoms with Crippen LogP contribution in [-0.2, 0) is 10.8 Å². The number of hydrogen-bond donors (Lipinski definition) is 0. The molecular weight excluding hydrogens is 743 g/mol. The van der Waals surface area contributed by atoms with Gasteiger partial charge in [-0.15, -0.1) is 11.3 Å². The first kappa shape index (κ1) is 34.8. The summed E-state index contributed by atoms with van der Waals surface area (Å²) in [5.41, 5.74) is 17.5. The second-order valence-corrected chi connectivity index (χ2v) is 16.8. The molecule has 0 fully saturated rings. The number of thiophene rings is 1. The Morgan fingerprint density at radius 2 is 0.667 bits per heavy atom. The molecule has 0 amide bonds. The third kappa shape index (κ3) is 4.74. The third-order valence-corrected chi connectivity index (χ3v) is 14.0. The summed E-state index contributed by atoms with van der Waals surface area (Å²) in [6.07, 6.45) is 0. The summed E-state index contributed by atoms with van der Waals surface area (Å²) in [4.78, 5) is 2.63. The van der Waals surface area contributed by atoms with Gasteiger partial charge in [0.25, 0.3) is 0 Å². The van der Waals surface area contributed by atoms with E-state index < -0.39 is 10.8 Å². The molecule has 0 bridgehead atoms. The van der Waals surface area contributed by atoms with Crippen molar-refractivity contribution < 1.29 is 0 Å². The summed E-state index contributed by atoms with van der Waals surface area (Å²) >= 11 is 1.80. The average molecular weight is 782 g/mol. The second-order valence-electron chi connectivity index (χ2n) is 15.9. The summed E-state index contributed by atoms with van der Waals surface area (Å²) in [7, 11) is 0. The normalized spacial score (nSPS) is 13.9. The van der Waals surface area contributed by atoms with Crippen LogP contribution in [0, 0.1) is 0 Å². The zero-order valence-corrected chi connectivity index (χ0v) is 33.7. The summed E-state index contributed by atoms with van der Waals surface area (Å²) in [5.74, 6) is 0. The molecular formula is C58H39NS. The lowest BCUT2D eigenvalue weighted by Crippen LogP contribution is -2.32. The molecule has 0 spiro atoms. The molecule has 0 radical (unpaired) electrons. The number of benzene rings is 9. The van der Waals surface area contributed by atoms with E-state index in [1.54, 1.807) is 11.3 Å². The van der Waals surface area contributed by atoms with Crippen molar-refractivity contribution in [3.63, 3.8) is 0 Å². The molecule has 1 nitrogen and oxygen atoms in total. The summed E-state index contributed by atoms with van der Waals surface area (Å²) in [6, 6.07) is 86.0. The van der Waals surface area contributed by atoms with Crippen LogP contribution in [0.1, 0.15) is 44.5 Å². The highest BCUT2D eigenvalue weighted by molar-refractivity contribution is 7.17. The van der Waals surface area contributed by atoms with E-state index in [2.05, 4.69) is 241 Å². The van der Waals surface area contributed by atoms with Crippen molar-refractivity contribution in [2.45, 2.75) is 10.8 Å². The Hall–Kier alpha value is -7.26. The van der Waals surface area contributed by atoms with Crippen LogP contribution >= 0.6 is 11.3 Å². The Labute approximate surface area is 355 Å². The minimum atomic E-state index is -0.608. The Balaban J connectivity index is 1.27. The van der Waals surface area contributed by atoms with Crippen molar-refractivity contribution in [2.24, 2.45) is 0 Å². The van der Waals surface area contributed by atoms with Crippen LogP contribution in [0.3, 0.4) is 0 Å². The van der Waals surface area contributed by atoms with Crippen LogP contribution in [0.2, 0.25) is 0 Å². The topological polar surface area (TPSA) is 3.24 Å². The molecule has 9 aromatic carbocycles. The molecule has 0 N–H and O–H groups in total. The van der Waals surface area contributed by atoms with Gasteiger partial charge in [0.15, 0.2) is 0 Å². The molecule has 2 aliphatic carbocycles. The zero-order valence-electron chi connectivity index (χ0n) is 32.9. The highest BCUT2D eigenvalue weighted by Crippen LogP contribution is 2.64. The van der Waals surface area contributed by atoms with E-state index in [-0.39, 0.29) is 0 Å². The van der Waals surface area contributed by atoms with E-state index in [1.807, 2.05) is 0 Å². The predicted molar refractivity (Wildman–Crippen MR) is 251 cm³/mol. The predicted octanol–water partition coefficient (Wildman–Crippen LogP) is 15.1. The molecule has 0 saturated carbocycles. The van der Waals surface area contributed by atoms with Crippen LogP contribution in [0.25, 0.3) is 32.3 Å². The summed E-state index contributed by atoms with van der Waals surface area (Å²) < 4.78 is 1.26. The fourth-order valence-corrected chi connectivity index (χ4v) is 11.7. The minimum Gasteiger partial charge on any atom is -0.309 e. The maximum absolute atomic E-state index is 2.63. The molecule has 0 saturated heterocycles. The Morgan fingerprint density at radius 1 is 0.300 bits per heavy atom. The number of nitrogens with zero attached hydrogens (tertiary/aromatic N) is 1. The quantitative estimate of drug-likeness (QED) is 0.156. The van der Waals surface area contributed by atoms with E-state index in [4.69, 9.17) is 0 Å². The highest BCUT2D eigenvalue weighted by atomic mass is 32.1.